The highest BCUT2D eigenvalue weighted by Crippen LogP contribution is 2.28. The molecule has 4 nitrogen and oxygen atoms in total. The van der Waals surface area contributed by atoms with Gasteiger partial charge in [-0.2, -0.15) is 0 Å². The van der Waals surface area contributed by atoms with Gasteiger partial charge in [0.2, 0.25) is 0 Å². The second-order valence-corrected chi connectivity index (χ2v) is 7.22. The zero-order chi connectivity index (χ0) is 16.2. The van der Waals surface area contributed by atoms with Crippen LogP contribution in [0.25, 0.3) is 9.88 Å². The molecular weight excluding hydrogens is 398 g/mol. The van der Waals surface area contributed by atoms with Crippen LogP contribution in [0.1, 0.15) is 16.1 Å². The SMILES string of the molecule is COc1ccc(COC(=O)c2csc(-c3cccs3)n2)cc1Br. The molecule has 0 saturated heterocycles. The minimum Gasteiger partial charge on any atom is -0.496 e. The van der Waals surface area contributed by atoms with Crippen molar-refractivity contribution in [2.75, 3.05) is 7.11 Å². The van der Waals surface area contributed by atoms with Gasteiger partial charge in [-0.15, -0.1) is 22.7 Å². The lowest BCUT2D eigenvalue weighted by Crippen LogP contribution is -2.05. The Morgan fingerprint density at radius 1 is 1.30 bits per heavy atom. The van der Waals surface area contributed by atoms with Crippen molar-refractivity contribution >= 4 is 44.6 Å². The van der Waals surface area contributed by atoms with Crippen molar-refractivity contribution in [1.29, 1.82) is 0 Å². The van der Waals surface area contributed by atoms with E-state index in [2.05, 4.69) is 20.9 Å². The topological polar surface area (TPSA) is 48.4 Å². The molecule has 0 aliphatic heterocycles. The molecular formula is C16H12BrNO3S2. The molecule has 0 spiro atoms. The van der Waals surface area contributed by atoms with E-state index < -0.39 is 5.97 Å². The third-order valence-electron chi connectivity index (χ3n) is 3.03. The van der Waals surface area contributed by atoms with E-state index >= 15 is 0 Å². The zero-order valence-corrected chi connectivity index (χ0v) is 15.3. The lowest BCUT2D eigenvalue weighted by molar-refractivity contribution is 0.0466. The van der Waals surface area contributed by atoms with Crippen molar-refractivity contribution in [2.45, 2.75) is 6.61 Å². The number of hydrogen-bond acceptors (Lipinski definition) is 6. The molecule has 1 aromatic carbocycles. The van der Waals surface area contributed by atoms with E-state index in [1.165, 1.54) is 11.3 Å². The second-order valence-electron chi connectivity index (χ2n) is 4.56. The monoisotopic (exact) mass is 409 g/mol. The van der Waals surface area contributed by atoms with Crippen molar-refractivity contribution in [3.05, 3.63) is 56.8 Å². The first-order valence-corrected chi connectivity index (χ1v) is 9.21. The fraction of sp³-hybridized carbons (Fsp3) is 0.125. The van der Waals surface area contributed by atoms with Gasteiger partial charge in [0.25, 0.3) is 0 Å². The highest BCUT2D eigenvalue weighted by molar-refractivity contribution is 9.10. The average Bonchev–Trinajstić information content (AvgIpc) is 3.23. The van der Waals surface area contributed by atoms with E-state index in [-0.39, 0.29) is 6.61 Å². The van der Waals surface area contributed by atoms with Crippen molar-refractivity contribution in [1.82, 2.24) is 4.98 Å². The fourth-order valence-corrected chi connectivity index (χ4v) is 4.09. The molecule has 0 aliphatic carbocycles. The largest absolute Gasteiger partial charge is 0.496 e. The number of esters is 1. The van der Waals surface area contributed by atoms with Gasteiger partial charge in [-0.1, -0.05) is 12.1 Å². The number of carbonyl (C=O) groups excluding carboxylic acids is 1. The van der Waals surface area contributed by atoms with Gasteiger partial charge < -0.3 is 9.47 Å². The molecule has 118 valence electrons. The lowest BCUT2D eigenvalue weighted by atomic mass is 10.2. The molecule has 0 N–H and O–H groups in total. The quantitative estimate of drug-likeness (QED) is 0.556. The average molecular weight is 410 g/mol. The summed E-state index contributed by atoms with van der Waals surface area (Å²) in [5.74, 6) is 0.316. The summed E-state index contributed by atoms with van der Waals surface area (Å²) in [5, 5.41) is 4.54. The van der Waals surface area contributed by atoms with Crippen LogP contribution in [0.2, 0.25) is 0 Å². The van der Waals surface area contributed by atoms with E-state index in [9.17, 15) is 4.79 Å². The standard InChI is InChI=1S/C16H12BrNO3S2/c1-20-13-5-4-10(7-11(13)17)8-21-16(19)12-9-23-15(18-12)14-3-2-6-22-14/h2-7,9H,8H2,1H3. The van der Waals surface area contributed by atoms with Crippen LogP contribution in [0.5, 0.6) is 5.75 Å². The van der Waals surface area contributed by atoms with Gasteiger partial charge in [0.1, 0.15) is 17.4 Å². The first kappa shape index (κ1) is 16.2. The lowest BCUT2D eigenvalue weighted by Gasteiger charge is -2.06. The molecule has 0 unspecified atom stereocenters. The van der Waals surface area contributed by atoms with Crippen LogP contribution >= 0.6 is 38.6 Å². The Morgan fingerprint density at radius 2 is 2.17 bits per heavy atom. The number of nitrogens with zero attached hydrogens (tertiary/aromatic N) is 1. The number of hydrogen-bond donors (Lipinski definition) is 0. The van der Waals surface area contributed by atoms with Crippen LogP contribution in [-0.4, -0.2) is 18.1 Å². The molecule has 0 fully saturated rings. The van der Waals surface area contributed by atoms with E-state index in [0.717, 1.165) is 25.7 Å². The molecule has 0 aliphatic rings. The molecule has 3 aromatic rings. The molecule has 0 amide bonds. The van der Waals surface area contributed by atoms with Crippen molar-refractivity contribution in [3.63, 3.8) is 0 Å². The molecule has 0 saturated carbocycles. The van der Waals surface area contributed by atoms with Crippen LogP contribution in [0.15, 0.2) is 45.6 Å². The maximum atomic E-state index is 12.1. The minimum atomic E-state index is -0.420. The zero-order valence-electron chi connectivity index (χ0n) is 12.1. The number of benzene rings is 1. The highest BCUT2D eigenvalue weighted by Gasteiger charge is 2.14. The summed E-state index contributed by atoms with van der Waals surface area (Å²) in [6.07, 6.45) is 0. The predicted octanol–water partition coefficient (Wildman–Crippen LogP) is 5.00. The van der Waals surface area contributed by atoms with Crippen molar-refractivity contribution in [3.8, 4) is 15.6 Å². The number of aromatic nitrogens is 1. The Balaban J connectivity index is 1.64. The molecule has 2 heterocycles. The maximum absolute atomic E-state index is 12.1. The van der Waals surface area contributed by atoms with Crippen LogP contribution < -0.4 is 4.74 Å². The summed E-state index contributed by atoms with van der Waals surface area (Å²) < 4.78 is 11.3. The smallest absolute Gasteiger partial charge is 0.358 e. The number of ether oxygens (including phenoxy) is 2. The van der Waals surface area contributed by atoms with E-state index in [0.29, 0.717) is 5.69 Å². The normalized spacial score (nSPS) is 10.5. The Kier molecular flexibility index (Phi) is 5.09. The Morgan fingerprint density at radius 3 is 2.87 bits per heavy atom. The first-order valence-electron chi connectivity index (χ1n) is 6.66. The molecule has 0 atom stereocenters. The van der Waals surface area contributed by atoms with Gasteiger partial charge in [-0.25, -0.2) is 9.78 Å². The summed E-state index contributed by atoms with van der Waals surface area (Å²) in [4.78, 5) is 17.5. The first-order chi connectivity index (χ1) is 11.2. The van der Waals surface area contributed by atoms with Gasteiger partial charge >= 0.3 is 5.97 Å². The molecule has 23 heavy (non-hydrogen) atoms. The van der Waals surface area contributed by atoms with Crippen LogP contribution in [-0.2, 0) is 11.3 Å². The fourth-order valence-electron chi connectivity index (χ4n) is 1.90. The summed E-state index contributed by atoms with van der Waals surface area (Å²) in [6.45, 7) is 0.188. The summed E-state index contributed by atoms with van der Waals surface area (Å²) in [7, 11) is 1.60. The number of methoxy groups -OCH3 is 1. The van der Waals surface area contributed by atoms with Gasteiger partial charge in [-0.3, -0.25) is 0 Å². The third-order valence-corrected chi connectivity index (χ3v) is 5.53. The van der Waals surface area contributed by atoms with E-state index in [1.54, 1.807) is 23.8 Å². The van der Waals surface area contributed by atoms with Crippen LogP contribution in [0, 0.1) is 0 Å². The van der Waals surface area contributed by atoms with Gasteiger partial charge in [0, 0.05) is 5.38 Å². The van der Waals surface area contributed by atoms with Gasteiger partial charge in [0.15, 0.2) is 5.69 Å². The second kappa shape index (κ2) is 7.25. The van der Waals surface area contributed by atoms with Crippen LogP contribution in [0.4, 0.5) is 0 Å². The van der Waals surface area contributed by atoms with E-state index in [4.69, 9.17) is 9.47 Å². The van der Waals surface area contributed by atoms with Crippen molar-refractivity contribution < 1.29 is 14.3 Å². The molecule has 0 radical (unpaired) electrons. The van der Waals surface area contributed by atoms with Crippen LogP contribution in [0.3, 0.4) is 0 Å². The maximum Gasteiger partial charge on any atom is 0.358 e. The number of thiophene rings is 1. The predicted molar refractivity (Wildman–Crippen MR) is 95.2 cm³/mol. The van der Waals surface area contributed by atoms with Crippen molar-refractivity contribution in [2.24, 2.45) is 0 Å². The van der Waals surface area contributed by atoms with Gasteiger partial charge in [-0.05, 0) is 45.1 Å². The Bertz CT molecular complexity index is 815. The number of rotatable bonds is 5. The highest BCUT2D eigenvalue weighted by atomic mass is 79.9. The molecule has 0 bridgehead atoms. The molecule has 2 aromatic heterocycles. The van der Waals surface area contributed by atoms with Gasteiger partial charge in [0.05, 0.1) is 16.5 Å². The summed E-state index contributed by atoms with van der Waals surface area (Å²) >= 11 is 6.44. The minimum absolute atomic E-state index is 0.188. The molecule has 3 rings (SSSR count). The Labute approximate surface area is 149 Å². The number of thiazole rings is 1. The summed E-state index contributed by atoms with van der Waals surface area (Å²) in [5.41, 5.74) is 1.21. The molecule has 7 heteroatoms. The van der Waals surface area contributed by atoms with E-state index in [1.807, 2.05) is 35.7 Å². The number of halogens is 1. The Hall–Kier alpha value is -1.70. The summed E-state index contributed by atoms with van der Waals surface area (Å²) in [6, 6.07) is 9.48. The number of carbonyl (C=O) groups is 1. The third kappa shape index (κ3) is 3.80.